The van der Waals surface area contributed by atoms with Crippen molar-refractivity contribution in [2.75, 3.05) is 0 Å². The second kappa shape index (κ2) is 6.69. The van der Waals surface area contributed by atoms with Crippen LogP contribution in [-0.2, 0) is 0 Å². The van der Waals surface area contributed by atoms with Gasteiger partial charge < -0.3 is 13.6 Å². The molecule has 0 aliphatic rings. The molecule has 3 nitrogen and oxygen atoms in total. The molecule has 0 fully saturated rings. The summed E-state index contributed by atoms with van der Waals surface area (Å²) in [7, 11) is -3.64. The third kappa shape index (κ3) is 3.61. The molecule has 0 spiro atoms. The van der Waals surface area contributed by atoms with E-state index < -0.39 is 8.80 Å². The number of rotatable bonds is 5. The average molecular weight is 322 g/mol. The molecule has 4 heteroatoms. The Morgan fingerprint density at radius 3 is 1.91 bits per heavy atom. The Bertz CT molecular complexity index is 762. The summed E-state index contributed by atoms with van der Waals surface area (Å²) in [6, 6.07) is 26.1. The molecule has 3 aromatic carbocycles. The van der Waals surface area contributed by atoms with Gasteiger partial charge in [-0.25, -0.2) is 0 Å². The Balaban J connectivity index is 1.98. The van der Waals surface area contributed by atoms with Crippen molar-refractivity contribution in [2.24, 2.45) is 0 Å². The van der Waals surface area contributed by atoms with Crippen LogP contribution in [0.15, 0.2) is 84.9 Å². The Kier molecular flexibility index (Phi) is 4.46. The molecule has 0 saturated heterocycles. The van der Waals surface area contributed by atoms with E-state index in [-0.39, 0.29) is 0 Å². The highest BCUT2D eigenvalue weighted by Crippen LogP contribution is 2.22. The molecule has 0 radical (unpaired) electrons. The van der Waals surface area contributed by atoms with Gasteiger partial charge in [-0.05, 0) is 30.7 Å². The first-order valence-electron chi connectivity index (χ1n) is 7.44. The Hall–Kier alpha value is -2.56. The number of benzene rings is 3. The van der Waals surface area contributed by atoms with Gasteiger partial charge in [0.05, 0.1) is 0 Å². The molecule has 0 aliphatic carbocycles. The van der Waals surface area contributed by atoms with Crippen LogP contribution in [0.5, 0.6) is 11.5 Å². The molecule has 116 valence electrons. The number of para-hydroxylation sites is 2. The third-order valence-electron chi connectivity index (χ3n) is 3.48. The molecule has 0 heterocycles. The van der Waals surface area contributed by atoms with E-state index >= 15 is 0 Å². The lowest BCUT2D eigenvalue weighted by atomic mass is 10.2. The highest BCUT2D eigenvalue weighted by Gasteiger charge is 2.45. The zero-order chi connectivity index (χ0) is 16.1. The predicted octanol–water partition coefficient (Wildman–Crippen LogP) is 3.29. The van der Waals surface area contributed by atoms with Crippen molar-refractivity contribution < 1.29 is 13.6 Å². The molecule has 3 aromatic rings. The molecule has 23 heavy (non-hydrogen) atoms. The van der Waals surface area contributed by atoms with E-state index in [2.05, 4.69) is 0 Å². The normalized spacial score (nSPS) is 13.1. The molecular weight excluding hydrogens is 304 g/mol. The molecule has 0 amide bonds. The first-order chi connectivity index (χ1) is 11.2. The maximum absolute atomic E-state index is 11.2. The topological polar surface area (TPSA) is 38.7 Å². The van der Waals surface area contributed by atoms with Gasteiger partial charge in [0.25, 0.3) is 0 Å². The van der Waals surface area contributed by atoms with Crippen LogP contribution >= 0.6 is 0 Å². The minimum atomic E-state index is -3.64. The minimum absolute atomic E-state index is 0.583. The largest absolute Gasteiger partial charge is 0.666 e. The van der Waals surface area contributed by atoms with Crippen molar-refractivity contribution in [1.82, 2.24) is 0 Å². The molecule has 0 aromatic heterocycles. The van der Waals surface area contributed by atoms with Gasteiger partial charge in [-0.15, -0.1) is 0 Å². The smallest absolute Gasteiger partial charge is 0.489 e. The fourth-order valence-corrected chi connectivity index (χ4v) is 4.13. The summed E-state index contributed by atoms with van der Waals surface area (Å²) in [5, 5.41) is 0.659. The molecular formula is C19H18O3Si. The average Bonchev–Trinajstić information content (AvgIpc) is 2.59. The summed E-state index contributed by atoms with van der Waals surface area (Å²) in [4.78, 5) is 11.2. The highest BCUT2D eigenvalue weighted by molar-refractivity contribution is 6.75. The zero-order valence-electron chi connectivity index (χ0n) is 12.8. The summed E-state index contributed by atoms with van der Waals surface area (Å²) < 4.78 is 11.9. The van der Waals surface area contributed by atoms with Gasteiger partial charge >= 0.3 is 8.80 Å². The quantitative estimate of drug-likeness (QED) is 0.733. The zero-order valence-corrected chi connectivity index (χ0v) is 13.8. The van der Waals surface area contributed by atoms with Gasteiger partial charge in [0.15, 0.2) is 0 Å². The maximum Gasteiger partial charge on any atom is 0.666 e. The van der Waals surface area contributed by atoms with Crippen LogP contribution in [0.1, 0.15) is 5.56 Å². The van der Waals surface area contributed by atoms with E-state index in [0.29, 0.717) is 16.7 Å². The van der Waals surface area contributed by atoms with Gasteiger partial charge in [-0.3, -0.25) is 0 Å². The molecule has 0 aliphatic heterocycles. The lowest BCUT2D eigenvalue weighted by molar-refractivity contribution is 0.270. The van der Waals surface area contributed by atoms with Crippen molar-refractivity contribution in [3.63, 3.8) is 0 Å². The van der Waals surface area contributed by atoms with E-state index in [1.165, 1.54) is 0 Å². The maximum atomic E-state index is 11.2. The first-order valence-corrected chi connectivity index (χ1v) is 9.20. The molecule has 1 N–H and O–H groups in total. The number of aryl methyl sites for hydroxylation is 1. The van der Waals surface area contributed by atoms with Crippen LogP contribution in [0.3, 0.4) is 0 Å². The predicted molar refractivity (Wildman–Crippen MR) is 92.9 cm³/mol. The second-order valence-electron chi connectivity index (χ2n) is 5.23. The molecule has 1 atom stereocenters. The minimum Gasteiger partial charge on any atom is -0.489 e. The fourth-order valence-electron chi connectivity index (χ4n) is 2.26. The Labute approximate surface area is 137 Å². The van der Waals surface area contributed by atoms with Crippen LogP contribution in [0, 0.1) is 6.92 Å². The van der Waals surface area contributed by atoms with Crippen LogP contribution in [0.4, 0.5) is 0 Å². The van der Waals surface area contributed by atoms with E-state index in [4.69, 9.17) is 8.85 Å². The lowest BCUT2D eigenvalue weighted by Gasteiger charge is -2.26. The highest BCUT2D eigenvalue weighted by atomic mass is 28.4. The van der Waals surface area contributed by atoms with Crippen molar-refractivity contribution >= 4 is 14.0 Å². The van der Waals surface area contributed by atoms with Crippen LogP contribution < -0.4 is 14.0 Å². The molecule has 0 saturated carbocycles. The molecule has 0 bridgehead atoms. The van der Waals surface area contributed by atoms with Crippen molar-refractivity contribution in [3.8, 4) is 11.5 Å². The third-order valence-corrected chi connectivity index (χ3v) is 5.55. The summed E-state index contributed by atoms with van der Waals surface area (Å²) >= 11 is 0. The lowest BCUT2D eigenvalue weighted by Crippen LogP contribution is -2.59. The van der Waals surface area contributed by atoms with E-state index in [1.807, 2.05) is 91.9 Å². The number of hydrogen-bond donors (Lipinski definition) is 1. The summed E-state index contributed by atoms with van der Waals surface area (Å²) in [6.07, 6.45) is 0. The van der Waals surface area contributed by atoms with Gasteiger partial charge in [0.2, 0.25) is 0 Å². The van der Waals surface area contributed by atoms with Gasteiger partial charge in [0.1, 0.15) is 11.5 Å². The summed E-state index contributed by atoms with van der Waals surface area (Å²) in [5.41, 5.74) is 0.950. The standard InChI is InChI=1S/C19H18O3Si/c1-16-10-8-9-15-19(16)22-23(20,18-13-6-3-7-14-18)21-17-11-4-2-5-12-17/h2-15,20H,1H3. The van der Waals surface area contributed by atoms with Gasteiger partial charge in [0, 0.05) is 5.19 Å². The molecule has 1 unspecified atom stereocenters. The second-order valence-corrected chi connectivity index (χ2v) is 7.38. The van der Waals surface area contributed by atoms with E-state index in [0.717, 1.165) is 5.56 Å². The van der Waals surface area contributed by atoms with Crippen LogP contribution in [-0.4, -0.2) is 13.6 Å². The summed E-state index contributed by atoms with van der Waals surface area (Å²) in [5.74, 6) is 1.21. The Morgan fingerprint density at radius 1 is 0.696 bits per heavy atom. The fraction of sp³-hybridized carbons (Fsp3) is 0.0526. The number of hydrogen-bond acceptors (Lipinski definition) is 3. The van der Waals surface area contributed by atoms with Crippen molar-refractivity contribution in [1.29, 1.82) is 0 Å². The van der Waals surface area contributed by atoms with Gasteiger partial charge in [-0.2, -0.15) is 0 Å². The van der Waals surface area contributed by atoms with E-state index in [1.54, 1.807) is 0 Å². The van der Waals surface area contributed by atoms with Gasteiger partial charge in [-0.1, -0.05) is 66.7 Å². The first kappa shape index (κ1) is 15.3. The summed E-state index contributed by atoms with van der Waals surface area (Å²) in [6.45, 7) is 1.94. The van der Waals surface area contributed by atoms with Crippen molar-refractivity contribution in [3.05, 3.63) is 90.5 Å². The van der Waals surface area contributed by atoms with Crippen molar-refractivity contribution in [2.45, 2.75) is 6.92 Å². The monoisotopic (exact) mass is 322 g/mol. The Morgan fingerprint density at radius 2 is 1.26 bits per heavy atom. The van der Waals surface area contributed by atoms with Crippen LogP contribution in [0.25, 0.3) is 0 Å². The SMILES string of the molecule is Cc1ccccc1O[Si](O)(Oc1ccccc1)c1ccccc1. The van der Waals surface area contributed by atoms with E-state index in [9.17, 15) is 4.80 Å². The van der Waals surface area contributed by atoms with Crippen LogP contribution in [0.2, 0.25) is 0 Å². The molecule has 3 rings (SSSR count).